The highest BCUT2D eigenvalue weighted by Gasteiger charge is 2.46. The van der Waals surface area contributed by atoms with Crippen molar-refractivity contribution in [3.63, 3.8) is 0 Å². The number of fused-ring (bicyclic) bond motifs is 4. The smallest absolute Gasteiger partial charge is 0.231 e. The Morgan fingerprint density at radius 2 is 2.06 bits per heavy atom. The molecule has 9 heteroatoms. The summed E-state index contributed by atoms with van der Waals surface area (Å²) in [5.74, 6) is 2.97. The second-order valence-corrected chi connectivity index (χ2v) is 9.64. The molecule has 4 aliphatic rings. The maximum absolute atomic E-state index is 13.0. The number of para-hydroxylation sites is 1. The standard InChI is InChI=1S/C26H29N5O4/c32-26(27-12-18-6-7-24-25(10-18)35-17-34-24)23-15-30-9-8-19(23)11-21(30)14-31-13-20(28-29-31)16-33-22-4-2-1-3-5-22/h1-7,10,13,19,21,23H,8-9,11-12,14-17H2,(H,27,32)/p+1/t19-,21+,23-/m0/s1. The van der Waals surface area contributed by atoms with Crippen molar-refractivity contribution in [3.8, 4) is 17.2 Å². The Labute approximate surface area is 204 Å². The molecule has 0 aliphatic carbocycles. The lowest BCUT2D eigenvalue weighted by Gasteiger charge is -2.46. The summed E-state index contributed by atoms with van der Waals surface area (Å²) in [4.78, 5) is 14.5. The van der Waals surface area contributed by atoms with Crippen LogP contribution >= 0.6 is 0 Å². The zero-order chi connectivity index (χ0) is 23.6. The fourth-order valence-electron chi connectivity index (χ4n) is 5.58. The Kier molecular flexibility index (Phi) is 5.99. The first-order valence-corrected chi connectivity index (χ1v) is 12.3. The number of nitrogens with zero attached hydrogens (tertiary/aromatic N) is 3. The van der Waals surface area contributed by atoms with Gasteiger partial charge in [-0.05, 0) is 35.7 Å². The Morgan fingerprint density at radius 1 is 1.17 bits per heavy atom. The minimum absolute atomic E-state index is 0.0644. The van der Waals surface area contributed by atoms with Crippen LogP contribution in [0.3, 0.4) is 0 Å². The van der Waals surface area contributed by atoms with Crippen LogP contribution in [-0.4, -0.2) is 46.8 Å². The quantitative estimate of drug-likeness (QED) is 0.508. The summed E-state index contributed by atoms with van der Waals surface area (Å²) < 4.78 is 18.5. The number of aromatic nitrogens is 3. The predicted octanol–water partition coefficient (Wildman–Crippen LogP) is 1.20. The highest BCUT2D eigenvalue weighted by Crippen LogP contribution is 2.32. The van der Waals surface area contributed by atoms with Crippen LogP contribution < -0.4 is 24.4 Å². The van der Waals surface area contributed by atoms with Gasteiger partial charge in [0.2, 0.25) is 12.7 Å². The Hall–Kier alpha value is -3.59. The number of quaternary nitrogens is 1. The SMILES string of the molecule is O=C(NCc1ccc2c(c1)OCO2)[C@H]1C[NH+]2CC[C@H]1C[C@@H]2Cn1cc(COc2ccccc2)nn1. The number of piperidine rings is 3. The second-order valence-electron chi connectivity index (χ2n) is 9.64. The normalized spacial score (nSPS) is 24.3. The molecule has 2 bridgehead atoms. The summed E-state index contributed by atoms with van der Waals surface area (Å²) >= 11 is 0. The van der Waals surface area contributed by atoms with Crippen molar-refractivity contribution < 1.29 is 23.9 Å². The van der Waals surface area contributed by atoms with E-state index in [-0.39, 0.29) is 18.6 Å². The summed E-state index contributed by atoms with van der Waals surface area (Å²) in [6.07, 6.45) is 4.11. The third-order valence-electron chi connectivity index (χ3n) is 7.42. The molecule has 4 aliphatic heterocycles. The van der Waals surface area contributed by atoms with Crippen molar-refractivity contribution in [1.29, 1.82) is 0 Å². The molecule has 182 valence electrons. The predicted molar refractivity (Wildman–Crippen MR) is 126 cm³/mol. The third-order valence-corrected chi connectivity index (χ3v) is 7.42. The van der Waals surface area contributed by atoms with E-state index in [9.17, 15) is 4.79 Å². The number of benzene rings is 2. The fraction of sp³-hybridized carbons (Fsp3) is 0.423. The fourth-order valence-corrected chi connectivity index (χ4v) is 5.58. The van der Waals surface area contributed by atoms with Crippen LogP contribution in [0.15, 0.2) is 54.7 Å². The van der Waals surface area contributed by atoms with Crippen molar-refractivity contribution in [2.75, 3.05) is 19.9 Å². The van der Waals surface area contributed by atoms with E-state index in [1.165, 1.54) is 4.90 Å². The number of nitrogens with one attached hydrogen (secondary N) is 2. The van der Waals surface area contributed by atoms with Gasteiger partial charge in [0.15, 0.2) is 11.5 Å². The molecule has 1 amide bonds. The minimum Gasteiger partial charge on any atom is -0.487 e. The van der Waals surface area contributed by atoms with Crippen molar-refractivity contribution >= 4 is 5.91 Å². The number of ether oxygens (including phenoxy) is 3. The van der Waals surface area contributed by atoms with E-state index in [0.29, 0.717) is 25.1 Å². The van der Waals surface area contributed by atoms with Crippen LogP contribution in [0.4, 0.5) is 0 Å². The van der Waals surface area contributed by atoms with Gasteiger partial charge < -0.3 is 24.4 Å². The van der Waals surface area contributed by atoms with E-state index in [0.717, 1.165) is 61.0 Å². The van der Waals surface area contributed by atoms with Crippen LogP contribution in [0.2, 0.25) is 0 Å². The summed E-state index contributed by atoms with van der Waals surface area (Å²) in [5.41, 5.74) is 1.84. The van der Waals surface area contributed by atoms with E-state index < -0.39 is 0 Å². The number of carbonyl (C=O) groups excluding carboxylic acids is 1. The summed E-state index contributed by atoms with van der Waals surface area (Å²) in [6, 6.07) is 16.0. The van der Waals surface area contributed by atoms with Crippen molar-refractivity contribution in [2.24, 2.45) is 11.8 Å². The summed E-state index contributed by atoms with van der Waals surface area (Å²) in [6.45, 7) is 3.96. The number of rotatable bonds is 8. The van der Waals surface area contributed by atoms with Gasteiger partial charge in [0.1, 0.15) is 24.1 Å². The minimum atomic E-state index is 0.0644. The van der Waals surface area contributed by atoms with Gasteiger partial charge in [-0.15, -0.1) is 5.10 Å². The molecule has 3 fully saturated rings. The highest BCUT2D eigenvalue weighted by atomic mass is 16.7. The topological polar surface area (TPSA) is 91.9 Å². The molecule has 7 rings (SSSR count). The molecule has 0 saturated carbocycles. The maximum atomic E-state index is 13.0. The molecule has 2 N–H and O–H groups in total. The molecule has 1 aromatic heterocycles. The molecule has 9 nitrogen and oxygen atoms in total. The first kappa shape index (κ1) is 21.9. The van der Waals surface area contributed by atoms with E-state index in [1.807, 2.05) is 59.4 Å². The van der Waals surface area contributed by atoms with Crippen LogP contribution in [0, 0.1) is 11.8 Å². The molecule has 35 heavy (non-hydrogen) atoms. The third kappa shape index (κ3) is 4.81. The Bertz CT molecular complexity index is 1180. The number of amides is 1. The highest BCUT2D eigenvalue weighted by molar-refractivity contribution is 5.79. The Balaban J connectivity index is 1.00. The molecule has 4 atom stereocenters. The van der Waals surface area contributed by atoms with Crippen molar-refractivity contribution in [2.45, 2.75) is 38.6 Å². The summed E-state index contributed by atoms with van der Waals surface area (Å²) in [5, 5.41) is 11.7. The average molecular weight is 477 g/mol. The van der Waals surface area contributed by atoms with Crippen LogP contribution in [0.1, 0.15) is 24.1 Å². The van der Waals surface area contributed by atoms with E-state index >= 15 is 0 Å². The van der Waals surface area contributed by atoms with Gasteiger partial charge in [0.05, 0.1) is 31.7 Å². The van der Waals surface area contributed by atoms with Crippen molar-refractivity contribution in [3.05, 3.63) is 66.0 Å². The van der Waals surface area contributed by atoms with Gasteiger partial charge >= 0.3 is 0 Å². The average Bonchev–Trinajstić information content (AvgIpc) is 3.56. The molecule has 0 radical (unpaired) electrons. The van der Waals surface area contributed by atoms with Gasteiger partial charge in [-0.3, -0.25) is 4.79 Å². The molecule has 1 unspecified atom stereocenters. The van der Waals surface area contributed by atoms with E-state index in [2.05, 4.69) is 15.6 Å². The van der Waals surface area contributed by atoms with E-state index in [1.54, 1.807) is 0 Å². The number of carbonyl (C=O) groups is 1. The first-order valence-electron chi connectivity index (χ1n) is 12.3. The zero-order valence-electron chi connectivity index (χ0n) is 19.6. The molecular formula is C26H30N5O4+. The number of hydrogen-bond acceptors (Lipinski definition) is 6. The van der Waals surface area contributed by atoms with Crippen molar-refractivity contribution in [1.82, 2.24) is 20.3 Å². The van der Waals surface area contributed by atoms with Crippen LogP contribution in [-0.2, 0) is 24.5 Å². The van der Waals surface area contributed by atoms with E-state index in [4.69, 9.17) is 14.2 Å². The monoisotopic (exact) mass is 476 g/mol. The lowest BCUT2D eigenvalue weighted by atomic mass is 9.75. The number of hydrogen-bond donors (Lipinski definition) is 2. The first-order chi connectivity index (χ1) is 17.2. The summed E-state index contributed by atoms with van der Waals surface area (Å²) in [7, 11) is 0. The van der Waals surface area contributed by atoms with Gasteiger partial charge in [0.25, 0.3) is 0 Å². The molecule has 5 heterocycles. The zero-order valence-corrected chi connectivity index (χ0v) is 19.6. The van der Waals surface area contributed by atoms with Gasteiger partial charge in [-0.25, -0.2) is 4.68 Å². The van der Waals surface area contributed by atoms with Gasteiger partial charge in [-0.2, -0.15) is 0 Å². The van der Waals surface area contributed by atoms with Gasteiger partial charge in [0, 0.05) is 19.4 Å². The lowest BCUT2D eigenvalue weighted by molar-refractivity contribution is -0.945. The maximum Gasteiger partial charge on any atom is 0.231 e. The lowest BCUT2D eigenvalue weighted by Crippen LogP contribution is -3.20. The molecule has 3 aromatic rings. The molecule has 0 spiro atoms. The largest absolute Gasteiger partial charge is 0.487 e. The second kappa shape index (κ2) is 9.58. The van der Waals surface area contributed by atoms with Gasteiger partial charge in [-0.1, -0.05) is 29.5 Å². The molecule has 2 aromatic carbocycles. The van der Waals surface area contributed by atoms with Crippen LogP contribution in [0.25, 0.3) is 0 Å². The molecule has 3 saturated heterocycles. The molecular weight excluding hydrogens is 446 g/mol. The Morgan fingerprint density at radius 3 is 2.91 bits per heavy atom. The van der Waals surface area contributed by atoms with Crippen LogP contribution in [0.5, 0.6) is 17.2 Å².